The van der Waals surface area contributed by atoms with E-state index in [-0.39, 0.29) is 4.47 Å². The number of rotatable bonds is 0. The van der Waals surface area contributed by atoms with Gasteiger partial charge in [-0.15, -0.1) is 0 Å². The molecule has 0 aromatic carbocycles. The second kappa shape index (κ2) is 2.94. The molecule has 0 spiro atoms. The van der Waals surface area contributed by atoms with Crippen LogP contribution >= 0.6 is 15.9 Å². The molecule has 2 heteroatoms. The Labute approximate surface area is 92.8 Å². The van der Waals surface area contributed by atoms with Crippen LogP contribution in [0.25, 0.3) is 0 Å². The Morgan fingerprint density at radius 2 is 2.27 bits per heavy atom. The fourth-order valence-corrected chi connectivity index (χ4v) is 0.763. The smallest absolute Gasteiger partial charge is 0.0852 e. The Morgan fingerprint density at radius 3 is 2.91 bits per heavy atom. The molecule has 0 saturated carbocycles. The van der Waals surface area contributed by atoms with Crippen molar-refractivity contribution in [1.82, 2.24) is 4.98 Å². The number of pyridine rings is 1. The lowest BCUT2D eigenvalue weighted by Crippen LogP contribution is -2.11. The van der Waals surface area contributed by atoms with E-state index in [1.165, 1.54) is 0 Å². The van der Waals surface area contributed by atoms with Crippen molar-refractivity contribution < 1.29 is 16.4 Å². The Balaban J connectivity index is 4.16. The van der Waals surface area contributed by atoms with E-state index in [1.54, 1.807) is 0 Å². The van der Waals surface area contributed by atoms with Crippen LogP contribution in [0.2, 0.25) is 0 Å². The van der Waals surface area contributed by atoms with Crippen LogP contribution in [0.3, 0.4) is 0 Å². The SMILES string of the molecule is [2H]c1nc([2H])c(C(C([2H])([2H])[2H])(C([2H])([2H])[2H])C([2H])([2H])[2H])c([2H])c1Br. The molecular weight excluding hydrogens is 202 g/mol. The molecule has 0 saturated heterocycles. The van der Waals surface area contributed by atoms with Crippen LogP contribution in [0.5, 0.6) is 0 Å². The van der Waals surface area contributed by atoms with Crippen molar-refractivity contribution in [3.63, 3.8) is 0 Å². The molecule has 0 aliphatic carbocycles. The number of nitrogens with zero attached hydrogens (tertiary/aromatic N) is 1. The lowest BCUT2D eigenvalue weighted by molar-refractivity contribution is 0.587. The molecule has 0 aliphatic heterocycles. The summed E-state index contributed by atoms with van der Waals surface area (Å²) < 4.78 is 90.7. The molecule has 1 nitrogen and oxygen atoms in total. The number of hydrogen-bond acceptors (Lipinski definition) is 1. The lowest BCUT2D eigenvalue weighted by atomic mass is 9.88. The third-order valence-corrected chi connectivity index (χ3v) is 1.31. The van der Waals surface area contributed by atoms with Gasteiger partial charge in [0.15, 0.2) is 0 Å². The first-order chi connectivity index (χ1) is 10.00. The molecule has 1 aromatic rings. The van der Waals surface area contributed by atoms with Gasteiger partial charge in [0.05, 0.1) is 4.11 Å². The quantitative estimate of drug-likeness (QED) is 0.662. The molecule has 0 N–H and O–H groups in total. The summed E-state index contributed by atoms with van der Waals surface area (Å²) in [5, 5.41) is 0. The van der Waals surface area contributed by atoms with Crippen LogP contribution in [-0.4, -0.2) is 4.98 Å². The molecule has 0 radical (unpaired) electrons. The van der Waals surface area contributed by atoms with Gasteiger partial charge in [-0.05, 0) is 33.0 Å². The normalized spacial score (nSPS) is 31.0. The molecule has 0 fully saturated rings. The highest BCUT2D eigenvalue weighted by Gasteiger charge is 2.13. The Morgan fingerprint density at radius 1 is 1.55 bits per heavy atom. The molecule has 1 heterocycles. The Bertz CT molecular complexity index is 577. The van der Waals surface area contributed by atoms with Gasteiger partial charge in [-0.1, -0.05) is 20.6 Å². The van der Waals surface area contributed by atoms with Crippen LogP contribution in [-0.2, 0) is 5.41 Å². The molecule has 1 rings (SSSR count). The van der Waals surface area contributed by atoms with Crippen LogP contribution < -0.4 is 0 Å². The van der Waals surface area contributed by atoms with E-state index < -0.39 is 49.9 Å². The third kappa shape index (κ3) is 2.29. The highest BCUT2D eigenvalue weighted by atomic mass is 79.9. The van der Waals surface area contributed by atoms with Crippen LogP contribution in [0.4, 0.5) is 0 Å². The zero-order valence-corrected chi connectivity index (χ0v) is 6.91. The minimum atomic E-state index is -3.58. The van der Waals surface area contributed by atoms with Gasteiger partial charge in [0.2, 0.25) is 0 Å². The van der Waals surface area contributed by atoms with Crippen molar-refractivity contribution >= 4 is 15.9 Å². The summed E-state index contributed by atoms with van der Waals surface area (Å²) >= 11 is 2.78. The molecule has 11 heavy (non-hydrogen) atoms. The van der Waals surface area contributed by atoms with Crippen LogP contribution in [0, 0.1) is 0 Å². The van der Waals surface area contributed by atoms with E-state index in [1.807, 2.05) is 0 Å². The Hall–Kier alpha value is -0.370. The second-order valence-corrected chi connectivity index (χ2v) is 2.69. The summed E-state index contributed by atoms with van der Waals surface area (Å²) in [4.78, 5) is 3.36. The van der Waals surface area contributed by atoms with Gasteiger partial charge in [0, 0.05) is 29.2 Å². The maximum atomic E-state index is 7.90. The minimum absolute atomic E-state index is 0.384. The molecule has 1 aromatic heterocycles. The molecule has 60 valence electrons. The van der Waals surface area contributed by atoms with Gasteiger partial charge in [-0.3, -0.25) is 4.98 Å². The van der Waals surface area contributed by atoms with E-state index in [4.69, 9.17) is 16.4 Å². The number of halogens is 1. The van der Waals surface area contributed by atoms with E-state index in [0.29, 0.717) is 0 Å². The van der Waals surface area contributed by atoms with Crippen molar-refractivity contribution in [2.75, 3.05) is 0 Å². The maximum Gasteiger partial charge on any atom is 0.0852 e. The predicted octanol–water partition coefficient (Wildman–Crippen LogP) is 3.14. The number of aromatic nitrogens is 1. The molecular formula is C9H12BrN. The summed E-state index contributed by atoms with van der Waals surface area (Å²) in [6.07, 6.45) is -1.63. The average molecular weight is 226 g/mol. The first-order valence-electron chi connectivity index (χ1n) is 8.64. The summed E-state index contributed by atoms with van der Waals surface area (Å²) in [7, 11) is 0. The maximum absolute atomic E-state index is 7.90. The topological polar surface area (TPSA) is 12.9 Å². The summed E-state index contributed by atoms with van der Waals surface area (Å²) in [5.74, 6) is 0. The molecule has 0 aliphatic rings. The van der Waals surface area contributed by atoms with E-state index in [2.05, 4.69) is 20.9 Å². The van der Waals surface area contributed by atoms with Crippen molar-refractivity contribution in [3.8, 4) is 0 Å². The lowest BCUT2D eigenvalue weighted by Gasteiger charge is -2.18. The first-order valence-corrected chi connectivity index (χ1v) is 3.43. The highest BCUT2D eigenvalue weighted by molar-refractivity contribution is 9.10. The predicted molar refractivity (Wildman–Crippen MR) is 50.6 cm³/mol. The highest BCUT2D eigenvalue weighted by Crippen LogP contribution is 2.23. The van der Waals surface area contributed by atoms with Gasteiger partial charge in [0.1, 0.15) is 0 Å². The van der Waals surface area contributed by atoms with Crippen molar-refractivity contribution in [2.24, 2.45) is 0 Å². The molecule has 0 amide bonds. The molecule has 0 bridgehead atoms. The van der Waals surface area contributed by atoms with E-state index in [0.717, 1.165) is 0 Å². The van der Waals surface area contributed by atoms with Crippen molar-refractivity contribution in [3.05, 3.63) is 28.4 Å². The van der Waals surface area contributed by atoms with E-state index in [9.17, 15) is 0 Å². The Kier molecular flexibility index (Phi) is 0.514. The zero-order chi connectivity index (χ0) is 18.6. The standard InChI is InChI=1S/C9H12BrN/c1-9(2,3)7-4-8(10)6-11-5-7/h4-6H,1-3H3/i1D3,2D3,3D3,4D,5D,6D. The molecule has 0 unspecified atom stereocenters. The van der Waals surface area contributed by atoms with Gasteiger partial charge in [-0.25, -0.2) is 0 Å². The fraction of sp³-hybridized carbons (Fsp3) is 0.444. The van der Waals surface area contributed by atoms with E-state index >= 15 is 0 Å². The monoisotopic (exact) mass is 225 g/mol. The van der Waals surface area contributed by atoms with Crippen LogP contribution in [0.1, 0.15) is 42.6 Å². The van der Waals surface area contributed by atoms with Crippen molar-refractivity contribution in [2.45, 2.75) is 26.0 Å². The molecule has 0 atom stereocenters. The zero-order valence-electron chi connectivity index (χ0n) is 17.3. The van der Waals surface area contributed by atoms with Gasteiger partial charge >= 0.3 is 0 Å². The summed E-state index contributed by atoms with van der Waals surface area (Å²) in [5.41, 5.74) is -4.54. The largest absolute Gasteiger partial charge is 0.263 e. The third-order valence-electron chi connectivity index (χ3n) is 0.932. The first kappa shape index (κ1) is 1.92. The fourth-order valence-electron chi connectivity index (χ4n) is 0.476. The average Bonchev–Trinajstić information content (AvgIpc) is 2.26. The van der Waals surface area contributed by atoms with Gasteiger partial charge in [0.25, 0.3) is 0 Å². The summed E-state index contributed by atoms with van der Waals surface area (Å²) in [6.45, 7) is -10.8. The van der Waals surface area contributed by atoms with Crippen molar-refractivity contribution in [1.29, 1.82) is 0 Å². The van der Waals surface area contributed by atoms with Gasteiger partial charge < -0.3 is 0 Å². The minimum Gasteiger partial charge on any atom is -0.263 e. The number of hydrogen-bond donors (Lipinski definition) is 0. The van der Waals surface area contributed by atoms with Gasteiger partial charge in [-0.2, -0.15) is 0 Å². The van der Waals surface area contributed by atoms with Crippen LogP contribution in [0.15, 0.2) is 22.9 Å². The second-order valence-electron chi connectivity index (χ2n) is 1.90. The summed E-state index contributed by atoms with van der Waals surface area (Å²) in [6, 6.07) is -0.863.